The Morgan fingerprint density at radius 2 is 2.15 bits per heavy atom. The summed E-state index contributed by atoms with van der Waals surface area (Å²) in [4.78, 5) is 3.56. The van der Waals surface area contributed by atoms with E-state index in [0.717, 1.165) is 17.0 Å². The van der Waals surface area contributed by atoms with Crippen molar-refractivity contribution in [2.45, 2.75) is 18.7 Å². The van der Waals surface area contributed by atoms with Gasteiger partial charge in [0.2, 0.25) is 5.88 Å². The summed E-state index contributed by atoms with van der Waals surface area (Å²) in [6.45, 7) is 4.60. The summed E-state index contributed by atoms with van der Waals surface area (Å²) in [5, 5.41) is 13.6. The largest absolute Gasteiger partial charge is 0.429 e. The van der Waals surface area contributed by atoms with Crippen LogP contribution in [0.5, 0.6) is 0 Å². The zero-order chi connectivity index (χ0) is 15.1. The van der Waals surface area contributed by atoms with E-state index in [1.165, 1.54) is 13.1 Å². The summed E-state index contributed by atoms with van der Waals surface area (Å²) in [7, 11) is 0. The first-order valence-corrected chi connectivity index (χ1v) is 5.40. The number of imidazole rings is 1. The molecule has 108 valence electrons. The number of nitrogens with two attached hydrogens (primary N) is 1. The molecule has 0 aliphatic heterocycles. The van der Waals surface area contributed by atoms with E-state index in [2.05, 4.69) is 21.2 Å². The lowest BCUT2D eigenvalue weighted by atomic mass is 9.91. The highest BCUT2D eigenvalue weighted by atomic mass is 19.4. The van der Waals surface area contributed by atoms with Crippen LogP contribution in [0.1, 0.15) is 17.1 Å². The van der Waals surface area contributed by atoms with Gasteiger partial charge in [-0.15, -0.1) is 0 Å². The Balaban J connectivity index is 2.80. The molecule has 1 atom stereocenters. The third-order valence-electron chi connectivity index (χ3n) is 2.85. The molecule has 2 aromatic heterocycles. The van der Waals surface area contributed by atoms with Crippen molar-refractivity contribution >= 4 is 12.1 Å². The summed E-state index contributed by atoms with van der Waals surface area (Å²) in [6, 6.07) is 0. The molecule has 0 unspecified atom stereocenters. The predicted octanol–water partition coefficient (Wildman–Crippen LogP) is 1.66. The number of aromatic nitrogens is 3. The van der Waals surface area contributed by atoms with Crippen molar-refractivity contribution in [2.75, 3.05) is 5.73 Å². The lowest BCUT2D eigenvalue weighted by Gasteiger charge is -2.29. The normalized spacial score (nSPS) is 15.1. The third kappa shape index (κ3) is 1.78. The number of hydrogen-bond acceptors (Lipinski definition) is 5. The molecule has 2 heterocycles. The maximum absolute atomic E-state index is 13.4. The molecule has 0 aliphatic rings. The Hall–Kier alpha value is -2.29. The fraction of sp³-hybridized carbons (Fsp3) is 0.273. The molecule has 0 amide bonds. The van der Waals surface area contributed by atoms with Gasteiger partial charge in [-0.1, -0.05) is 11.7 Å². The molecule has 6 nitrogen and oxygen atoms in total. The van der Waals surface area contributed by atoms with Crippen molar-refractivity contribution in [3.05, 3.63) is 36.1 Å². The third-order valence-corrected chi connectivity index (χ3v) is 2.85. The van der Waals surface area contributed by atoms with Gasteiger partial charge in [0, 0.05) is 18.6 Å². The number of alkyl halides is 3. The van der Waals surface area contributed by atoms with Gasteiger partial charge in [-0.25, -0.2) is 4.98 Å². The van der Waals surface area contributed by atoms with Gasteiger partial charge < -0.3 is 19.9 Å². The second kappa shape index (κ2) is 4.37. The van der Waals surface area contributed by atoms with Crippen molar-refractivity contribution in [2.24, 2.45) is 0 Å². The fourth-order valence-electron chi connectivity index (χ4n) is 1.95. The van der Waals surface area contributed by atoms with Gasteiger partial charge in [-0.05, 0) is 6.92 Å². The van der Waals surface area contributed by atoms with Crippen LogP contribution in [-0.4, -0.2) is 26.0 Å². The fourth-order valence-corrected chi connectivity index (χ4v) is 1.95. The summed E-state index contributed by atoms with van der Waals surface area (Å²) in [6.07, 6.45) is -1.67. The Kier molecular flexibility index (Phi) is 3.09. The zero-order valence-corrected chi connectivity index (χ0v) is 10.3. The van der Waals surface area contributed by atoms with Crippen LogP contribution in [0.3, 0.4) is 0 Å². The molecule has 0 aliphatic carbocycles. The molecule has 0 aromatic carbocycles. The topological polar surface area (TPSA) is 90.1 Å². The predicted molar refractivity (Wildman–Crippen MR) is 63.3 cm³/mol. The zero-order valence-electron chi connectivity index (χ0n) is 10.3. The Labute approximate surface area is 111 Å². The monoisotopic (exact) mass is 288 g/mol. The second-order valence-electron chi connectivity index (χ2n) is 4.06. The molecule has 0 saturated carbocycles. The number of nitrogen functional groups attached to an aromatic ring is 1. The van der Waals surface area contributed by atoms with E-state index >= 15 is 0 Å². The van der Waals surface area contributed by atoms with E-state index in [1.54, 1.807) is 0 Å². The maximum atomic E-state index is 13.4. The Morgan fingerprint density at radius 1 is 1.50 bits per heavy atom. The van der Waals surface area contributed by atoms with Crippen LogP contribution >= 0.6 is 0 Å². The first kappa shape index (κ1) is 14.1. The lowest BCUT2D eigenvalue weighted by molar-refractivity contribution is -0.251. The number of hydrogen-bond donors (Lipinski definition) is 2. The number of anilines is 1. The van der Waals surface area contributed by atoms with Gasteiger partial charge in [0.05, 0.1) is 11.3 Å². The van der Waals surface area contributed by atoms with Crippen LogP contribution in [0.4, 0.5) is 19.1 Å². The molecule has 0 spiro atoms. The minimum absolute atomic E-state index is 0.180. The number of rotatable bonds is 3. The number of aryl methyl sites for hydroxylation is 1. The minimum Gasteiger partial charge on any atom is -0.370 e. The number of halogens is 3. The van der Waals surface area contributed by atoms with Crippen molar-refractivity contribution < 1.29 is 22.8 Å². The van der Waals surface area contributed by atoms with E-state index in [9.17, 15) is 18.3 Å². The summed E-state index contributed by atoms with van der Waals surface area (Å²) >= 11 is 0. The van der Waals surface area contributed by atoms with Crippen LogP contribution in [0.25, 0.3) is 6.20 Å². The van der Waals surface area contributed by atoms with Crippen molar-refractivity contribution in [1.29, 1.82) is 0 Å². The Morgan fingerprint density at radius 3 is 2.60 bits per heavy atom. The standard InChI is InChI=1S/C11H11F3N4O2/c1-3-18-5-4-16-9(18)10(19,11(12,13)14)7-6(2)17-20-8(7)15/h3-5,19H,1,15H2,2H3/t10-/m0/s1. The molecule has 20 heavy (non-hydrogen) atoms. The average Bonchev–Trinajstić information content (AvgIpc) is 2.94. The molecular weight excluding hydrogens is 277 g/mol. The second-order valence-corrected chi connectivity index (χ2v) is 4.06. The maximum Gasteiger partial charge on any atom is 0.429 e. The number of nitrogens with zero attached hydrogens (tertiary/aromatic N) is 3. The van der Waals surface area contributed by atoms with Crippen LogP contribution < -0.4 is 5.73 Å². The van der Waals surface area contributed by atoms with Crippen molar-refractivity contribution in [1.82, 2.24) is 14.7 Å². The van der Waals surface area contributed by atoms with Gasteiger partial charge in [0.25, 0.3) is 5.60 Å². The quantitative estimate of drug-likeness (QED) is 0.896. The number of aliphatic hydroxyl groups is 1. The first-order valence-electron chi connectivity index (χ1n) is 5.40. The molecule has 9 heteroatoms. The van der Waals surface area contributed by atoms with Gasteiger partial charge in [-0.3, -0.25) is 0 Å². The molecule has 0 saturated heterocycles. The molecule has 0 radical (unpaired) electrons. The highest BCUT2D eigenvalue weighted by Crippen LogP contribution is 2.46. The van der Waals surface area contributed by atoms with E-state index < -0.39 is 29.0 Å². The highest BCUT2D eigenvalue weighted by Gasteiger charge is 2.61. The van der Waals surface area contributed by atoms with Crippen LogP contribution in [0.2, 0.25) is 0 Å². The van der Waals surface area contributed by atoms with E-state index in [1.807, 2.05) is 0 Å². The van der Waals surface area contributed by atoms with E-state index in [0.29, 0.717) is 0 Å². The molecule has 2 rings (SSSR count). The van der Waals surface area contributed by atoms with Gasteiger partial charge >= 0.3 is 6.18 Å². The van der Waals surface area contributed by atoms with E-state index in [4.69, 9.17) is 5.73 Å². The molecular formula is C11H11F3N4O2. The van der Waals surface area contributed by atoms with Crippen LogP contribution in [0, 0.1) is 6.92 Å². The SMILES string of the molecule is C=Cn1ccnc1[C@@](O)(c1c(C)noc1N)C(F)(F)F. The van der Waals surface area contributed by atoms with Gasteiger partial charge in [0.15, 0.2) is 5.82 Å². The average molecular weight is 288 g/mol. The molecule has 0 fully saturated rings. The first-order chi connectivity index (χ1) is 9.23. The molecule has 0 bridgehead atoms. The smallest absolute Gasteiger partial charge is 0.370 e. The van der Waals surface area contributed by atoms with Gasteiger partial charge in [-0.2, -0.15) is 13.2 Å². The summed E-state index contributed by atoms with van der Waals surface area (Å²) in [5.74, 6) is -1.32. The molecule has 3 N–H and O–H groups in total. The van der Waals surface area contributed by atoms with Crippen LogP contribution in [-0.2, 0) is 5.60 Å². The Bertz CT molecular complexity index is 627. The van der Waals surface area contributed by atoms with Crippen LogP contribution in [0.15, 0.2) is 23.5 Å². The van der Waals surface area contributed by atoms with Gasteiger partial charge in [0.1, 0.15) is 0 Å². The van der Waals surface area contributed by atoms with Crippen molar-refractivity contribution in [3.63, 3.8) is 0 Å². The highest BCUT2D eigenvalue weighted by molar-refractivity contribution is 5.48. The van der Waals surface area contributed by atoms with Crippen molar-refractivity contribution in [3.8, 4) is 0 Å². The summed E-state index contributed by atoms with van der Waals surface area (Å²) in [5.41, 5.74) is 1.06. The molecule has 2 aromatic rings. The summed E-state index contributed by atoms with van der Waals surface area (Å²) < 4.78 is 45.8. The minimum atomic E-state index is -5.08. The lowest BCUT2D eigenvalue weighted by Crippen LogP contribution is -2.45. The van der Waals surface area contributed by atoms with E-state index in [-0.39, 0.29) is 5.69 Å².